The number of hydrogen-bond acceptors (Lipinski definition) is 5. The van der Waals surface area contributed by atoms with Crippen molar-refractivity contribution in [3.05, 3.63) is 130 Å². The van der Waals surface area contributed by atoms with Crippen LogP contribution in [0.2, 0.25) is 0 Å². The summed E-state index contributed by atoms with van der Waals surface area (Å²) in [6.07, 6.45) is -0.575. The fourth-order valence-corrected chi connectivity index (χ4v) is 5.74. The highest BCUT2D eigenvalue weighted by Gasteiger charge is 2.34. The predicted molar refractivity (Wildman–Crippen MR) is 168 cm³/mol. The minimum absolute atomic E-state index is 0.0960. The highest BCUT2D eigenvalue weighted by atomic mass is 19.4. The van der Waals surface area contributed by atoms with E-state index >= 15 is 0 Å². The number of nitrogens with zero attached hydrogens (tertiary/aromatic N) is 3. The first kappa shape index (κ1) is 32.5. The monoisotopic (exact) mass is 631 g/mol. The van der Waals surface area contributed by atoms with Gasteiger partial charge >= 0.3 is 6.18 Å². The van der Waals surface area contributed by atoms with Crippen molar-refractivity contribution < 1.29 is 27.1 Å². The number of benzene rings is 3. The van der Waals surface area contributed by atoms with E-state index in [4.69, 9.17) is 4.74 Å². The van der Waals surface area contributed by atoms with E-state index in [1.54, 1.807) is 24.5 Å². The van der Waals surface area contributed by atoms with Crippen molar-refractivity contribution in [2.24, 2.45) is 5.92 Å². The molecule has 0 fully saturated rings. The zero-order chi connectivity index (χ0) is 32.8. The highest BCUT2D eigenvalue weighted by Crippen LogP contribution is 2.34. The summed E-state index contributed by atoms with van der Waals surface area (Å²) in [4.78, 5) is 35.2. The molecule has 6 nitrogen and oxygen atoms in total. The van der Waals surface area contributed by atoms with Gasteiger partial charge in [-0.3, -0.25) is 19.1 Å². The van der Waals surface area contributed by atoms with E-state index in [9.17, 15) is 27.2 Å². The first-order chi connectivity index (χ1) is 22.0. The number of aromatic nitrogens is 3. The first-order valence-electron chi connectivity index (χ1n) is 15.1. The number of rotatable bonds is 12. The molecule has 0 amide bonds. The van der Waals surface area contributed by atoms with E-state index in [0.717, 1.165) is 23.4 Å². The summed E-state index contributed by atoms with van der Waals surface area (Å²) < 4.78 is 60.7. The third-order valence-electron chi connectivity index (χ3n) is 8.10. The molecular weight excluding hydrogens is 598 g/mol. The first-order valence-corrected chi connectivity index (χ1v) is 15.1. The summed E-state index contributed by atoms with van der Waals surface area (Å²) in [6, 6.07) is 21.1. The molecule has 0 aliphatic heterocycles. The molecule has 46 heavy (non-hydrogen) atoms. The number of hydrogen-bond donors (Lipinski definition) is 0. The lowest BCUT2D eigenvalue weighted by Crippen LogP contribution is -2.25. The molecule has 0 bridgehead atoms. The molecule has 2 heterocycles. The van der Waals surface area contributed by atoms with Crippen molar-refractivity contribution >= 4 is 16.7 Å². The lowest BCUT2D eigenvalue weighted by atomic mass is 9.83. The molecule has 2 aromatic heterocycles. The van der Waals surface area contributed by atoms with Crippen molar-refractivity contribution in [2.45, 2.75) is 51.6 Å². The van der Waals surface area contributed by atoms with Crippen molar-refractivity contribution in [1.82, 2.24) is 14.5 Å². The molecule has 0 saturated heterocycles. The maximum Gasteiger partial charge on any atom is 0.419 e. The number of ketones is 1. The molecule has 5 aromatic rings. The van der Waals surface area contributed by atoms with Crippen LogP contribution in [-0.2, 0) is 23.8 Å². The molecule has 2 unspecified atom stereocenters. The average molecular weight is 632 g/mol. The molecule has 238 valence electrons. The minimum atomic E-state index is -4.81. The van der Waals surface area contributed by atoms with Gasteiger partial charge in [-0.15, -0.1) is 0 Å². The zero-order valence-corrected chi connectivity index (χ0v) is 25.4. The molecule has 0 aliphatic rings. The Morgan fingerprint density at radius 3 is 2.41 bits per heavy atom. The van der Waals surface area contributed by atoms with E-state index in [1.165, 1.54) is 0 Å². The molecule has 2 atom stereocenters. The van der Waals surface area contributed by atoms with Gasteiger partial charge in [-0.05, 0) is 91.4 Å². The molecule has 5 rings (SSSR count). The SMILES string of the molecule is CCOc1ccc(-n2c(C(C)C(CCC(=O)Cc3ccc(C(F)(F)F)c(F)c3)Cc3cccnc3)nc(=O)c3ccccc32)cc1. The van der Waals surface area contributed by atoms with Gasteiger partial charge in [0.15, 0.2) is 0 Å². The molecule has 0 N–H and O–H groups in total. The maximum absolute atomic E-state index is 14.1. The summed E-state index contributed by atoms with van der Waals surface area (Å²) in [5.74, 6) is -0.910. The van der Waals surface area contributed by atoms with E-state index in [1.807, 2.05) is 66.9 Å². The summed E-state index contributed by atoms with van der Waals surface area (Å²) in [6.45, 7) is 4.40. The Morgan fingerprint density at radius 1 is 0.978 bits per heavy atom. The Kier molecular flexibility index (Phi) is 9.94. The largest absolute Gasteiger partial charge is 0.494 e. The van der Waals surface area contributed by atoms with Crippen LogP contribution in [0.3, 0.4) is 0 Å². The van der Waals surface area contributed by atoms with Gasteiger partial charge in [0.2, 0.25) is 0 Å². The standard InChI is InChI=1S/C36H33F4N3O3/c1-3-46-29-15-12-27(13-16-29)43-33-9-5-4-8-30(33)35(45)42-34(43)23(2)26(19-25-7-6-18-41-22-25)11-14-28(44)20-24-10-17-31(32(37)21-24)36(38,39)40/h4-10,12-13,15-18,21-23,26H,3,11,14,19-20H2,1-2H3. The molecule has 0 radical (unpaired) electrons. The van der Waals surface area contributed by atoms with Crippen LogP contribution >= 0.6 is 0 Å². The number of ether oxygens (including phenoxy) is 1. The van der Waals surface area contributed by atoms with Crippen LogP contribution in [0.4, 0.5) is 17.6 Å². The Hall–Kier alpha value is -4.86. The van der Waals surface area contributed by atoms with Crippen LogP contribution in [0.15, 0.2) is 96.1 Å². The molecular formula is C36H33F4N3O3. The molecule has 0 saturated carbocycles. The second kappa shape index (κ2) is 14.1. The van der Waals surface area contributed by atoms with Gasteiger partial charge in [-0.1, -0.05) is 31.2 Å². The molecule has 0 aliphatic carbocycles. The number of para-hydroxylation sites is 1. The van der Waals surface area contributed by atoms with Crippen molar-refractivity contribution in [2.75, 3.05) is 6.61 Å². The van der Waals surface area contributed by atoms with Gasteiger partial charge in [0.05, 0.1) is 23.1 Å². The number of pyridine rings is 1. The third kappa shape index (κ3) is 7.50. The lowest BCUT2D eigenvalue weighted by Gasteiger charge is -2.27. The van der Waals surface area contributed by atoms with Gasteiger partial charge < -0.3 is 4.74 Å². The van der Waals surface area contributed by atoms with Crippen LogP contribution in [-0.4, -0.2) is 26.9 Å². The summed E-state index contributed by atoms with van der Waals surface area (Å²) >= 11 is 0. The topological polar surface area (TPSA) is 74.1 Å². The summed E-state index contributed by atoms with van der Waals surface area (Å²) in [5, 5.41) is 0.468. The van der Waals surface area contributed by atoms with Crippen LogP contribution < -0.4 is 10.3 Å². The number of Topliss-reactive ketones (excluding diaryl/α,β-unsaturated/α-hetero) is 1. The number of carbonyl (C=O) groups excluding carboxylic acids is 1. The summed E-state index contributed by atoms with van der Waals surface area (Å²) in [5.41, 5.74) is 0.861. The Balaban J connectivity index is 1.47. The van der Waals surface area contributed by atoms with E-state index < -0.39 is 17.6 Å². The van der Waals surface area contributed by atoms with Gasteiger partial charge in [0.25, 0.3) is 5.56 Å². The lowest BCUT2D eigenvalue weighted by molar-refractivity contribution is -0.140. The zero-order valence-electron chi connectivity index (χ0n) is 25.4. The van der Waals surface area contributed by atoms with E-state index in [2.05, 4.69) is 9.97 Å². The molecule has 3 aromatic carbocycles. The second-order valence-electron chi connectivity index (χ2n) is 11.2. The quantitative estimate of drug-likeness (QED) is 0.131. The van der Waals surface area contributed by atoms with Gasteiger partial charge in [-0.25, -0.2) is 4.39 Å². The molecule has 10 heteroatoms. The number of alkyl halides is 3. The molecule has 0 spiro atoms. The highest BCUT2D eigenvalue weighted by molar-refractivity contribution is 5.81. The smallest absolute Gasteiger partial charge is 0.419 e. The number of carbonyl (C=O) groups is 1. The maximum atomic E-state index is 14.1. The van der Waals surface area contributed by atoms with Gasteiger partial charge in [-0.2, -0.15) is 18.2 Å². The van der Waals surface area contributed by atoms with Crippen molar-refractivity contribution in [3.63, 3.8) is 0 Å². The Morgan fingerprint density at radius 2 is 1.74 bits per heavy atom. The Bertz CT molecular complexity index is 1870. The predicted octanol–water partition coefficient (Wildman–Crippen LogP) is 7.89. The van der Waals surface area contributed by atoms with Crippen LogP contribution in [0.25, 0.3) is 16.6 Å². The van der Waals surface area contributed by atoms with Gasteiger partial charge in [0.1, 0.15) is 23.2 Å². The van der Waals surface area contributed by atoms with Crippen LogP contribution in [0.1, 0.15) is 55.1 Å². The normalized spacial score (nSPS) is 13.0. The van der Waals surface area contributed by atoms with Crippen LogP contribution in [0, 0.1) is 11.7 Å². The fraction of sp³-hybridized carbons (Fsp3) is 0.278. The van der Waals surface area contributed by atoms with E-state index in [-0.39, 0.29) is 41.6 Å². The third-order valence-corrected chi connectivity index (χ3v) is 8.10. The van der Waals surface area contributed by atoms with Crippen LogP contribution in [0.5, 0.6) is 5.75 Å². The van der Waals surface area contributed by atoms with Gasteiger partial charge in [0, 0.05) is 36.8 Å². The number of halogens is 4. The van der Waals surface area contributed by atoms with E-state index in [0.29, 0.717) is 48.0 Å². The average Bonchev–Trinajstić information content (AvgIpc) is 3.03. The number of fused-ring (bicyclic) bond motifs is 1. The minimum Gasteiger partial charge on any atom is -0.494 e. The van der Waals surface area contributed by atoms with Crippen molar-refractivity contribution in [3.8, 4) is 11.4 Å². The second-order valence-corrected chi connectivity index (χ2v) is 11.2. The fourth-order valence-electron chi connectivity index (χ4n) is 5.74. The van der Waals surface area contributed by atoms with Crippen molar-refractivity contribution in [1.29, 1.82) is 0 Å². The summed E-state index contributed by atoms with van der Waals surface area (Å²) in [7, 11) is 0. The Labute approximate surface area is 263 Å².